The van der Waals surface area contributed by atoms with Crippen LogP contribution in [0.5, 0.6) is 0 Å². The van der Waals surface area contributed by atoms with E-state index in [9.17, 15) is 4.39 Å². The van der Waals surface area contributed by atoms with E-state index < -0.39 is 0 Å². The van der Waals surface area contributed by atoms with Gasteiger partial charge in [0.05, 0.1) is 18.2 Å². The lowest BCUT2D eigenvalue weighted by atomic mass is 9.86. The van der Waals surface area contributed by atoms with Crippen LogP contribution >= 0.6 is 0 Å². The third-order valence-corrected chi connectivity index (χ3v) is 5.75. The van der Waals surface area contributed by atoms with Crippen LogP contribution in [0.2, 0.25) is 0 Å². The quantitative estimate of drug-likeness (QED) is 0.276. The minimum atomic E-state index is -0.233. The molecule has 0 aliphatic carbocycles. The minimum Gasteiger partial charge on any atom is -0.492 e. The number of ether oxygens (including phenoxy) is 1. The molecule has 3 atom stereocenters. The molecule has 2 aliphatic heterocycles. The minimum absolute atomic E-state index is 0.000636. The van der Waals surface area contributed by atoms with Crippen molar-refractivity contribution in [1.82, 2.24) is 5.32 Å². The molecular formula is C27H33FN2O. The molecule has 0 amide bonds. The van der Waals surface area contributed by atoms with Crippen LogP contribution < -0.4 is 5.32 Å². The number of halogens is 1. The van der Waals surface area contributed by atoms with E-state index in [1.54, 1.807) is 0 Å². The Hall–Kier alpha value is -2.68. The molecule has 0 bridgehead atoms. The molecule has 31 heavy (non-hydrogen) atoms. The predicted molar refractivity (Wildman–Crippen MR) is 127 cm³/mol. The summed E-state index contributed by atoms with van der Waals surface area (Å²) in [4.78, 5) is 4.80. The van der Waals surface area contributed by atoms with Crippen molar-refractivity contribution in [3.05, 3.63) is 89.3 Å². The van der Waals surface area contributed by atoms with E-state index >= 15 is 0 Å². The van der Waals surface area contributed by atoms with Crippen LogP contribution in [0.1, 0.15) is 51.5 Å². The summed E-state index contributed by atoms with van der Waals surface area (Å²) in [6.07, 6.45) is 11.0. The number of aliphatic imine (C=N–C) groups is 1. The normalized spacial score (nSPS) is 21.4. The van der Waals surface area contributed by atoms with E-state index in [4.69, 9.17) is 9.73 Å². The number of nitrogens with zero attached hydrogens (tertiary/aromatic N) is 1. The van der Waals surface area contributed by atoms with Gasteiger partial charge in [-0.25, -0.2) is 4.39 Å². The Morgan fingerprint density at radius 2 is 2.10 bits per heavy atom. The van der Waals surface area contributed by atoms with Gasteiger partial charge in [0.2, 0.25) is 0 Å². The lowest BCUT2D eigenvalue weighted by Crippen LogP contribution is -2.20. The van der Waals surface area contributed by atoms with E-state index in [1.165, 1.54) is 18.6 Å². The van der Waals surface area contributed by atoms with Crippen LogP contribution in [0.15, 0.2) is 82.9 Å². The third-order valence-electron chi connectivity index (χ3n) is 5.75. The third kappa shape index (κ3) is 6.16. The van der Waals surface area contributed by atoms with Crippen LogP contribution in [0, 0.1) is 11.7 Å². The summed E-state index contributed by atoms with van der Waals surface area (Å²) >= 11 is 0. The van der Waals surface area contributed by atoms with Crippen molar-refractivity contribution in [2.45, 2.75) is 52.1 Å². The van der Waals surface area contributed by atoms with Gasteiger partial charge in [0.15, 0.2) is 0 Å². The van der Waals surface area contributed by atoms with Gasteiger partial charge >= 0.3 is 0 Å². The second-order valence-electron chi connectivity index (χ2n) is 8.42. The molecule has 3 unspecified atom stereocenters. The highest BCUT2D eigenvalue weighted by molar-refractivity contribution is 5.94. The van der Waals surface area contributed by atoms with Gasteiger partial charge in [-0.3, -0.25) is 4.99 Å². The van der Waals surface area contributed by atoms with Gasteiger partial charge < -0.3 is 10.1 Å². The largest absolute Gasteiger partial charge is 0.492 e. The first-order chi connectivity index (χ1) is 15.0. The SMILES string of the molecule is C=CCC(C)CCCNCC1=C(C2=CC=C=CC(C)=N2)C(c2ccc(F)cc2)C(C)O1. The first-order valence-electron chi connectivity index (χ1n) is 11.1. The Bertz CT molecular complexity index is 932. The van der Waals surface area contributed by atoms with Gasteiger partial charge in [-0.15, -0.1) is 12.3 Å². The highest BCUT2D eigenvalue weighted by Crippen LogP contribution is 2.43. The number of benzene rings is 1. The average molecular weight is 421 g/mol. The summed E-state index contributed by atoms with van der Waals surface area (Å²) in [6.45, 7) is 11.7. The molecule has 0 radical (unpaired) electrons. The maximum atomic E-state index is 13.5. The maximum Gasteiger partial charge on any atom is 0.123 e. The molecule has 2 aliphatic rings. The van der Waals surface area contributed by atoms with Crippen LogP contribution in [0.4, 0.5) is 4.39 Å². The van der Waals surface area contributed by atoms with E-state index in [0.29, 0.717) is 12.5 Å². The van der Waals surface area contributed by atoms with Gasteiger partial charge in [-0.1, -0.05) is 25.1 Å². The van der Waals surface area contributed by atoms with Crippen LogP contribution in [0.25, 0.3) is 0 Å². The number of hydrogen-bond acceptors (Lipinski definition) is 3. The molecule has 1 N–H and O–H groups in total. The lowest BCUT2D eigenvalue weighted by Gasteiger charge is -2.18. The van der Waals surface area contributed by atoms with E-state index in [0.717, 1.165) is 47.7 Å². The zero-order valence-corrected chi connectivity index (χ0v) is 18.8. The van der Waals surface area contributed by atoms with Gasteiger partial charge in [0, 0.05) is 17.4 Å². The topological polar surface area (TPSA) is 33.6 Å². The highest BCUT2D eigenvalue weighted by atomic mass is 19.1. The van der Waals surface area contributed by atoms with Crippen molar-refractivity contribution in [2.75, 3.05) is 13.1 Å². The van der Waals surface area contributed by atoms with Crippen molar-refractivity contribution in [3.8, 4) is 0 Å². The lowest BCUT2D eigenvalue weighted by molar-refractivity contribution is 0.143. The molecular weight excluding hydrogens is 387 g/mol. The Morgan fingerprint density at radius 1 is 1.32 bits per heavy atom. The fraction of sp³-hybridized carbons (Fsp3) is 0.407. The van der Waals surface area contributed by atoms with Crippen molar-refractivity contribution >= 4 is 5.71 Å². The van der Waals surface area contributed by atoms with Crippen molar-refractivity contribution in [2.24, 2.45) is 10.9 Å². The molecule has 3 nitrogen and oxygen atoms in total. The number of allylic oxidation sites excluding steroid dienone is 4. The van der Waals surface area contributed by atoms with Crippen LogP contribution in [0.3, 0.4) is 0 Å². The standard InChI is InChI=1S/C27H33FN2O/c1-5-9-19(2)10-8-17-29-18-25-27(24-12-7-6-11-20(3)30-24)26(21(4)31-25)22-13-15-23(28)16-14-22/h5,7,11-16,19,21,26,29H,1,8-10,17-18H2,2-4H3. The summed E-state index contributed by atoms with van der Waals surface area (Å²) in [6, 6.07) is 6.72. The van der Waals surface area contributed by atoms with Crippen molar-refractivity contribution in [1.29, 1.82) is 0 Å². The molecule has 0 spiro atoms. The predicted octanol–water partition coefficient (Wildman–Crippen LogP) is 6.23. The van der Waals surface area contributed by atoms with Gasteiger partial charge in [0.1, 0.15) is 17.7 Å². The fourth-order valence-electron chi connectivity index (χ4n) is 4.20. The monoisotopic (exact) mass is 420 g/mol. The smallest absolute Gasteiger partial charge is 0.123 e. The Morgan fingerprint density at radius 3 is 2.84 bits per heavy atom. The molecule has 0 aromatic heterocycles. The summed E-state index contributed by atoms with van der Waals surface area (Å²) in [7, 11) is 0. The summed E-state index contributed by atoms with van der Waals surface area (Å²) in [5.74, 6) is 1.34. The maximum absolute atomic E-state index is 13.5. The Labute approximate surface area is 185 Å². The zero-order chi connectivity index (χ0) is 22.2. The van der Waals surface area contributed by atoms with Crippen molar-refractivity contribution < 1.29 is 9.13 Å². The molecule has 1 aromatic rings. The second kappa shape index (κ2) is 11.1. The van der Waals surface area contributed by atoms with Crippen molar-refractivity contribution in [3.63, 3.8) is 0 Å². The van der Waals surface area contributed by atoms with Gasteiger partial charge in [0.25, 0.3) is 0 Å². The van der Waals surface area contributed by atoms with Crippen LogP contribution in [-0.4, -0.2) is 24.9 Å². The van der Waals surface area contributed by atoms with E-state index in [1.807, 2.05) is 43.4 Å². The highest BCUT2D eigenvalue weighted by Gasteiger charge is 2.36. The van der Waals surface area contributed by atoms with Gasteiger partial charge in [-0.05, 0) is 75.4 Å². The summed E-state index contributed by atoms with van der Waals surface area (Å²) in [5, 5.41) is 3.54. The number of hydrogen-bond donors (Lipinski definition) is 1. The fourth-order valence-corrected chi connectivity index (χ4v) is 4.20. The van der Waals surface area contributed by atoms with E-state index in [2.05, 4.69) is 31.5 Å². The molecule has 164 valence electrons. The molecule has 0 saturated carbocycles. The number of rotatable bonds is 10. The first-order valence-corrected chi connectivity index (χ1v) is 11.1. The zero-order valence-electron chi connectivity index (χ0n) is 18.8. The van der Waals surface area contributed by atoms with Crippen LogP contribution in [-0.2, 0) is 4.74 Å². The molecule has 4 heteroatoms. The molecule has 2 heterocycles. The number of nitrogens with one attached hydrogen (secondary N) is 1. The molecule has 3 rings (SSSR count). The van der Waals surface area contributed by atoms with E-state index in [-0.39, 0.29) is 17.8 Å². The average Bonchev–Trinajstić information content (AvgIpc) is 2.91. The Kier molecular flexibility index (Phi) is 8.22. The van der Waals surface area contributed by atoms with Gasteiger partial charge in [-0.2, -0.15) is 0 Å². The molecule has 0 fully saturated rings. The first kappa shape index (κ1) is 23.0. The molecule has 0 saturated heterocycles. The summed E-state index contributed by atoms with van der Waals surface area (Å²) in [5.41, 5.74) is 7.01. The second-order valence-corrected chi connectivity index (χ2v) is 8.42. The molecule has 1 aromatic carbocycles. The Balaban J connectivity index is 1.81. The summed E-state index contributed by atoms with van der Waals surface area (Å²) < 4.78 is 19.9.